The summed E-state index contributed by atoms with van der Waals surface area (Å²) >= 11 is 2.17. The molecule has 3 rings (SSSR count). The van der Waals surface area contributed by atoms with Gasteiger partial charge in [0.05, 0.1) is 24.5 Å². The number of halogens is 1. The molecule has 0 bridgehead atoms. The van der Waals surface area contributed by atoms with Crippen molar-refractivity contribution < 1.29 is 9.90 Å². The predicted octanol–water partition coefficient (Wildman–Crippen LogP) is 0.660. The molecule has 1 atom stereocenters. The maximum Gasteiger partial charge on any atom is 0.230 e. The molecule has 1 aliphatic rings. The van der Waals surface area contributed by atoms with Crippen LogP contribution in [0.3, 0.4) is 0 Å². The van der Waals surface area contributed by atoms with Crippen LogP contribution in [0, 0.1) is 3.57 Å². The number of rotatable bonds is 1. The van der Waals surface area contributed by atoms with E-state index in [1.807, 2.05) is 6.20 Å². The third-order valence-electron chi connectivity index (χ3n) is 2.76. The van der Waals surface area contributed by atoms with Crippen LogP contribution in [0.2, 0.25) is 0 Å². The lowest BCUT2D eigenvalue weighted by Gasteiger charge is -2.15. The predicted molar refractivity (Wildman–Crippen MR) is 69.6 cm³/mol. The van der Waals surface area contributed by atoms with Crippen LogP contribution in [-0.2, 0) is 4.79 Å². The molecule has 17 heavy (non-hydrogen) atoms. The van der Waals surface area contributed by atoms with E-state index in [1.54, 1.807) is 0 Å². The highest BCUT2D eigenvalue weighted by Crippen LogP contribution is 2.29. The molecule has 0 radical (unpaired) electrons. The molecule has 6 nitrogen and oxygen atoms in total. The number of aliphatic hydroxyl groups is 1. The number of hydrogen-bond acceptors (Lipinski definition) is 4. The number of nitrogens with zero attached hydrogens (tertiary/aromatic N) is 3. The lowest BCUT2D eigenvalue weighted by Crippen LogP contribution is -2.26. The van der Waals surface area contributed by atoms with Gasteiger partial charge in [-0.1, -0.05) is 0 Å². The van der Waals surface area contributed by atoms with E-state index in [0.717, 1.165) is 8.96 Å². The average molecular weight is 344 g/mol. The van der Waals surface area contributed by atoms with Crippen molar-refractivity contribution in [2.24, 2.45) is 0 Å². The number of amides is 1. The van der Waals surface area contributed by atoms with Gasteiger partial charge in [-0.15, -0.1) is 0 Å². The number of hydrogen-bond donors (Lipinski definition) is 2. The zero-order valence-electron chi connectivity index (χ0n) is 8.72. The molecule has 1 unspecified atom stereocenters. The largest absolute Gasteiger partial charge is 0.391 e. The summed E-state index contributed by atoms with van der Waals surface area (Å²) in [5.74, 6) is 0.469. The molecule has 1 fully saturated rings. The number of aromatic nitrogens is 3. The van der Waals surface area contributed by atoms with Crippen LogP contribution >= 0.6 is 22.6 Å². The number of H-pyrrole nitrogens is 1. The van der Waals surface area contributed by atoms with Gasteiger partial charge in [-0.2, -0.15) is 0 Å². The second-order valence-electron chi connectivity index (χ2n) is 3.92. The molecule has 3 heterocycles. The maximum atomic E-state index is 11.8. The monoisotopic (exact) mass is 344 g/mol. The van der Waals surface area contributed by atoms with Crippen LogP contribution in [0.15, 0.2) is 12.5 Å². The Kier molecular flexibility index (Phi) is 2.51. The van der Waals surface area contributed by atoms with Gasteiger partial charge in [0.15, 0.2) is 0 Å². The molecule has 2 aromatic rings. The maximum absolute atomic E-state index is 11.8. The summed E-state index contributed by atoms with van der Waals surface area (Å²) in [6.45, 7) is 0.298. The highest BCUT2D eigenvalue weighted by atomic mass is 127. The normalized spacial score (nSPS) is 20.5. The van der Waals surface area contributed by atoms with Crippen LogP contribution in [0.4, 0.5) is 5.82 Å². The Hall–Kier alpha value is -1.22. The highest BCUT2D eigenvalue weighted by molar-refractivity contribution is 14.1. The van der Waals surface area contributed by atoms with Crippen LogP contribution < -0.4 is 4.90 Å². The van der Waals surface area contributed by atoms with Gasteiger partial charge in [0.1, 0.15) is 17.8 Å². The SMILES string of the molecule is O=C1CC(O)CN1c1ncnc2[nH]cc(I)c12. The molecule has 88 valence electrons. The van der Waals surface area contributed by atoms with E-state index in [2.05, 4.69) is 37.5 Å². The fourth-order valence-electron chi connectivity index (χ4n) is 2.01. The molecule has 0 spiro atoms. The summed E-state index contributed by atoms with van der Waals surface area (Å²) in [5.41, 5.74) is 0.702. The number of aliphatic hydroxyl groups excluding tert-OH is 1. The van der Waals surface area contributed by atoms with E-state index in [1.165, 1.54) is 11.2 Å². The number of nitrogens with one attached hydrogen (secondary N) is 1. The Labute approximate surface area is 110 Å². The summed E-state index contributed by atoms with van der Waals surface area (Å²) in [7, 11) is 0. The third kappa shape index (κ3) is 1.69. The summed E-state index contributed by atoms with van der Waals surface area (Å²) in [6, 6.07) is 0. The van der Waals surface area contributed by atoms with Gasteiger partial charge in [0.2, 0.25) is 5.91 Å². The molecule has 0 aliphatic carbocycles. The number of aromatic amines is 1. The summed E-state index contributed by atoms with van der Waals surface area (Å²) in [5, 5.41) is 10.3. The highest BCUT2D eigenvalue weighted by Gasteiger charge is 2.31. The van der Waals surface area contributed by atoms with Crippen molar-refractivity contribution in [3.05, 3.63) is 16.1 Å². The van der Waals surface area contributed by atoms with Crippen molar-refractivity contribution in [1.29, 1.82) is 0 Å². The van der Waals surface area contributed by atoms with Crippen molar-refractivity contribution in [2.45, 2.75) is 12.5 Å². The van der Waals surface area contributed by atoms with Crippen LogP contribution in [-0.4, -0.2) is 38.6 Å². The first-order chi connectivity index (χ1) is 8.16. The van der Waals surface area contributed by atoms with E-state index in [9.17, 15) is 9.90 Å². The molecule has 2 N–H and O–H groups in total. The van der Waals surface area contributed by atoms with Gasteiger partial charge in [-0.25, -0.2) is 9.97 Å². The minimum atomic E-state index is -0.607. The summed E-state index contributed by atoms with van der Waals surface area (Å²) in [4.78, 5) is 24.6. The number of anilines is 1. The standard InChI is InChI=1S/C10H9IN4O2/c11-6-2-12-9-8(6)10(14-4-13-9)15-3-5(16)1-7(15)17/h2,4-5,16H,1,3H2,(H,12,13,14). The molecule has 0 aromatic carbocycles. The number of β-amino-alcohol motifs (C(OH)–C–C–N with tert-alkyl or cyclic N) is 1. The Bertz CT molecular complexity index is 597. The quantitative estimate of drug-likeness (QED) is 0.745. The minimum absolute atomic E-state index is 0.102. The smallest absolute Gasteiger partial charge is 0.230 e. The van der Waals surface area contributed by atoms with Crippen LogP contribution in [0.25, 0.3) is 11.0 Å². The first-order valence-corrected chi connectivity index (χ1v) is 6.20. The Morgan fingerprint density at radius 2 is 2.35 bits per heavy atom. The number of carbonyl (C=O) groups is 1. The Morgan fingerprint density at radius 1 is 1.53 bits per heavy atom. The van der Waals surface area contributed by atoms with Gasteiger partial charge in [-0.05, 0) is 22.6 Å². The fraction of sp³-hybridized carbons (Fsp3) is 0.300. The average Bonchev–Trinajstić information content (AvgIpc) is 2.83. The first kappa shape index (κ1) is 10.9. The van der Waals surface area contributed by atoms with Gasteiger partial charge < -0.3 is 10.1 Å². The van der Waals surface area contributed by atoms with Crippen LogP contribution in [0.1, 0.15) is 6.42 Å². The van der Waals surface area contributed by atoms with Gasteiger partial charge in [0.25, 0.3) is 0 Å². The lowest BCUT2D eigenvalue weighted by molar-refractivity contribution is -0.117. The van der Waals surface area contributed by atoms with Crippen molar-refractivity contribution >= 4 is 45.3 Å². The zero-order valence-corrected chi connectivity index (χ0v) is 10.9. The number of fused-ring (bicyclic) bond motifs is 1. The van der Waals surface area contributed by atoms with E-state index in [-0.39, 0.29) is 12.3 Å². The van der Waals surface area contributed by atoms with Crippen LogP contribution in [0.5, 0.6) is 0 Å². The van der Waals surface area contributed by atoms with Crippen molar-refractivity contribution in [3.8, 4) is 0 Å². The van der Waals surface area contributed by atoms with Crippen molar-refractivity contribution in [3.63, 3.8) is 0 Å². The molecule has 7 heteroatoms. The minimum Gasteiger partial charge on any atom is -0.391 e. The van der Waals surface area contributed by atoms with Crippen molar-refractivity contribution in [1.82, 2.24) is 15.0 Å². The third-order valence-corrected chi connectivity index (χ3v) is 3.61. The second-order valence-corrected chi connectivity index (χ2v) is 5.08. The van der Waals surface area contributed by atoms with Gasteiger partial charge in [-0.3, -0.25) is 9.69 Å². The van der Waals surface area contributed by atoms with E-state index < -0.39 is 6.10 Å². The summed E-state index contributed by atoms with van der Waals surface area (Å²) < 4.78 is 0.961. The first-order valence-electron chi connectivity index (χ1n) is 5.13. The van der Waals surface area contributed by atoms with E-state index in [4.69, 9.17) is 0 Å². The fourth-order valence-corrected chi connectivity index (χ4v) is 2.66. The molecule has 1 saturated heterocycles. The van der Waals surface area contributed by atoms with Crippen molar-refractivity contribution in [2.75, 3.05) is 11.4 Å². The van der Waals surface area contributed by atoms with E-state index >= 15 is 0 Å². The lowest BCUT2D eigenvalue weighted by atomic mass is 10.3. The van der Waals surface area contributed by atoms with Gasteiger partial charge in [0, 0.05) is 9.77 Å². The van der Waals surface area contributed by atoms with Gasteiger partial charge >= 0.3 is 0 Å². The molecule has 0 saturated carbocycles. The second kappa shape index (κ2) is 3.91. The summed E-state index contributed by atoms with van der Waals surface area (Å²) in [6.07, 6.45) is 2.79. The zero-order chi connectivity index (χ0) is 12.0. The Balaban J connectivity index is 2.17. The molecule has 1 aliphatic heterocycles. The topological polar surface area (TPSA) is 82.1 Å². The Morgan fingerprint density at radius 3 is 3.06 bits per heavy atom. The molecular formula is C10H9IN4O2. The van der Waals surface area contributed by atoms with E-state index in [0.29, 0.717) is 18.0 Å². The molecule has 1 amide bonds. The molecular weight excluding hydrogens is 335 g/mol. The number of carbonyl (C=O) groups excluding carboxylic acids is 1. The molecule has 2 aromatic heterocycles.